The maximum atomic E-state index is 13.7. The number of para-hydroxylation sites is 1. The summed E-state index contributed by atoms with van der Waals surface area (Å²) in [6.07, 6.45) is 3.79. The third kappa shape index (κ3) is 4.72. The number of carbonyl (C=O) groups is 3. The number of likely N-dealkylation sites (tertiary alicyclic amines) is 1. The van der Waals surface area contributed by atoms with Gasteiger partial charge in [-0.15, -0.1) is 0 Å². The first kappa shape index (κ1) is 24.3. The van der Waals surface area contributed by atoms with Crippen molar-refractivity contribution in [1.29, 1.82) is 0 Å². The fraction of sp³-hybridized carbons (Fsp3) is 0.233. The topological polar surface area (TPSA) is 76.1 Å². The predicted molar refractivity (Wildman–Crippen MR) is 142 cm³/mol. The first-order valence-electron chi connectivity index (χ1n) is 12.3. The highest BCUT2D eigenvalue weighted by molar-refractivity contribution is 6.43. The molecule has 37 heavy (non-hydrogen) atoms. The summed E-state index contributed by atoms with van der Waals surface area (Å²) < 4.78 is 11.3. The SMILES string of the molecule is COc1cc(C=C2C(=O)N(c3ccccc3C)C(=O)c3ccccc32)ccc1OCC(=O)N1CCCC1. The van der Waals surface area contributed by atoms with Gasteiger partial charge in [0, 0.05) is 24.2 Å². The van der Waals surface area contributed by atoms with Crippen LogP contribution in [0.25, 0.3) is 11.6 Å². The van der Waals surface area contributed by atoms with E-state index in [1.807, 2.05) is 31.2 Å². The molecule has 1 fully saturated rings. The molecule has 5 rings (SSSR count). The van der Waals surface area contributed by atoms with Crippen LogP contribution in [-0.4, -0.2) is 49.4 Å². The van der Waals surface area contributed by atoms with Crippen LogP contribution in [0.1, 0.15) is 39.9 Å². The van der Waals surface area contributed by atoms with E-state index in [1.54, 1.807) is 53.4 Å². The Morgan fingerprint density at radius 1 is 0.892 bits per heavy atom. The van der Waals surface area contributed by atoms with Gasteiger partial charge in [0.1, 0.15) is 0 Å². The molecule has 2 heterocycles. The van der Waals surface area contributed by atoms with E-state index in [1.165, 1.54) is 12.0 Å². The normalized spacial score (nSPS) is 16.2. The molecule has 188 valence electrons. The average molecular weight is 497 g/mol. The van der Waals surface area contributed by atoms with Crippen molar-refractivity contribution < 1.29 is 23.9 Å². The van der Waals surface area contributed by atoms with Crippen molar-refractivity contribution in [3.8, 4) is 11.5 Å². The lowest BCUT2D eigenvalue weighted by Gasteiger charge is -2.29. The van der Waals surface area contributed by atoms with Crippen LogP contribution >= 0.6 is 0 Å². The van der Waals surface area contributed by atoms with Crippen molar-refractivity contribution in [2.45, 2.75) is 19.8 Å². The van der Waals surface area contributed by atoms with Crippen LogP contribution in [0.5, 0.6) is 11.5 Å². The Labute approximate surface area is 215 Å². The van der Waals surface area contributed by atoms with Crippen LogP contribution in [0.3, 0.4) is 0 Å². The zero-order chi connectivity index (χ0) is 25.9. The minimum absolute atomic E-state index is 0.0453. The highest BCUT2D eigenvalue weighted by Gasteiger charge is 2.36. The van der Waals surface area contributed by atoms with Crippen LogP contribution in [0.2, 0.25) is 0 Å². The number of rotatable bonds is 6. The van der Waals surface area contributed by atoms with Gasteiger partial charge < -0.3 is 14.4 Å². The van der Waals surface area contributed by atoms with E-state index in [-0.39, 0.29) is 18.4 Å². The van der Waals surface area contributed by atoms with E-state index < -0.39 is 5.91 Å². The Balaban J connectivity index is 1.48. The average Bonchev–Trinajstić information content (AvgIpc) is 3.46. The monoisotopic (exact) mass is 496 g/mol. The van der Waals surface area contributed by atoms with Crippen LogP contribution < -0.4 is 14.4 Å². The molecule has 7 nitrogen and oxygen atoms in total. The Morgan fingerprint density at radius 3 is 2.32 bits per heavy atom. The number of nitrogens with zero attached hydrogens (tertiary/aromatic N) is 2. The summed E-state index contributed by atoms with van der Waals surface area (Å²) >= 11 is 0. The lowest BCUT2D eigenvalue weighted by atomic mass is 9.91. The van der Waals surface area contributed by atoms with E-state index in [9.17, 15) is 14.4 Å². The highest BCUT2D eigenvalue weighted by Crippen LogP contribution is 2.36. The number of methoxy groups -OCH3 is 1. The lowest BCUT2D eigenvalue weighted by Crippen LogP contribution is -2.42. The van der Waals surface area contributed by atoms with E-state index in [0.717, 1.165) is 31.5 Å². The molecule has 3 aromatic rings. The van der Waals surface area contributed by atoms with Gasteiger partial charge in [0.05, 0.1) is 12.8 Å². The van der Waals surface area contributed by atoms with Gasteiger partial charge in [-0.1, -0.05) is 42.5 Å². The van der Waals surface area contributed by atoms with Crippen molar-refractivity contribution in [3.05, 3.63) is 89.0 Å². The minimum atomic E-state index is -0.395. The lowest BCUT2D eigenvalue weighted by molar-refractivity contribution is -0.132. The molecule has 0 unspecified atom stereocenters. The van der Waals surface area contributed by atoms with Crippen molar-refractivity contribution in [2.75, 3.05) is 31.7 Å². The molecule has 0 N–H and O–H groups in total. The molecule has 3 aromatic carbocycles. The second kappa shape index (κ2) is 10.3. The summed E-state index contributed by atoms with van der Waals surface area (Å²) in [6, 6.07) is 19.7. The third-order valence-electron chi connectivity index (χ3n) is 6.75. The number of amides is 3. The molecule has 0 atom stereocenters. The fourth-order valence-corrected chi connectivity index (χ4v) is 4.78. The number of imide groups is 1. The number of hydrogen-bond acceptors (Lipinski definition) is 5. The Hall–Kier alpha value is -4.39. The number of hydrogen-bond donors (Lipinski definition) is 0. The molecule has 0 aromatic heterocycles. The second-order valence-corrected chi connectivity index (χ2v) is 9.12. The molecule has 7 heteroatoms. The van der Waals surface area contributed by atoms with E-state index in [2.05, 4.69) is 0 Å². The summed E-state index contributed by atoms with van der Waals surface area (Å²) in [5.41, 5.74) is 3.53. The van der Waals surface area contributed by atoms with Gasteiger partial charge in [0.25, 0.3) is 17.7 Å². The minimum Gasteiger partial charge on any atom is -0.493 e. The van der Waals surface area contributed by atoms with Crippen LogP contribution in [-0.2, 0) is 9.59 Å². The fourth-order valence-electron chi connectivity index (χ4n) is 4.78. The van der Waals surface area contributed by atoms with Crippen molar-refractivity contribution >= 4 is 35.1 Å². The predicted octanol–water partition coefficient (Wildman–Crippen LogP) is 4.73. The number of fused-ring (bicyclic) bond motifs is 1. The van der Waals surface area contributed by atoms with Gasteiger partial charge in [0.2, 0.25) is 0 Å². The van der Waals surface area contributed by atoms with Gasteiger partial charge >= 0.3 is 0 Å². The zero-order valence-electron chi connectivity index (χ0n) is 20.9. The number of carbonyl (C=O) groups excluding carboxylic acids is 3. The maximum absolute atomic E-state index is 13.7. The molecule has 0 aliphatic carbocycles. The van der Waals surface area contributed by atoms with Crippen LogP contribution in [0.15, 0.2) is 66.7 Å². The van der Waals surface area contributed by atoms with Crippen LogP contribution in [0.4, 0.5) is 5.69 Å². The van der Waals surface area contributed by atoms with Crippen molar-refractivity contribution in [1.82, 2.24) is 4.90 Å². The van der Waals surface area contributed by atoms with Crippen molar-refractivity contribution in [2.24, 2.45) is 0 Å². The van der Waals surface area contributed by atoms with Gasteiger partial charge in [-0.05, 0) is 66.8 Å². The summed E-state index contributed by atoms with van der Waals surface area (Å²) in [5, 5.41) is 0. The number of aryl methyl sites for hydroxylation is 1. The Bertz CT molecular complexity index is 1400. The van der Waals surface area contributed by atoms with Gasteiger partial charge in [0.15, 0.2) is 18.1 Å². The molecule has 3 amide bonds. The van der Waals surface area contributed by atoms with Crippen molar-refractivity contribution in [3.63, 3.8) is 0 Å². The number of ether oxygens (including phenoxy) is 2. The van der Waals surface area contributed by atoms with Gasteiger partial charge in [-0.3, -0.25) is 14.4 Å². The summed E-state index contributed by atoms with van der Waals surface area (Å²) in [6.45, 7) is 3.35. The molecule has 0 bridgehead atoms. The van der Waals surface area contributed by atoms with Gasteiger partial charge in [-0.2, -0.15) is 0 Å². The number of anilines is 1. The smallest absolute Gasteiger partial charge is 0.265 e. The summed E-state index contributed by atoms with van der Waals surface area (Å²) in [5.74, 6) is 0.108. The van der Waals surface area contributed by atoms with E-state index >= 15 is 0 Å². The van der Waals surface area contributed by atoms with Crippen LogP contribution in [0, 0.1) is 6.92 Å². The second-order valence-electron chi connectivity index (χ2n) is 9.12. The first-order valence-corrected chi connectivity index (χ1v) is 12.3. The molecule has 0 radical (unpaired) electrons. The molecule has 0 spiro atoms. The summed E-state index contributed by atoms with van der Waals surface area (Å²) in [4.78, 5) is 42.5. The first-order chi connectivity index (χ1) is 18.0. The Morgan fingerprint density at radius 2 is 1.59 bits per heavy atom. The van der Waals surface area contributed by atoms with E-state index in [0.29, 0.717) is 39.4 Å². The summed E-state index contributed by atoms with van der Waals surface area (Å²) in [7, 11) is 1.53. The molecule has 2 aliphatic heterocycles. The Kier molecular flexibility index (Phi) is 6.77. The maximum Gasteiger partial charge on any atom is 0.265 e. The number of benzene rings is 3. The van der Waals surface area contributed by atoms with E-state index in [4.69, 9.17) is 9.47 Å². The standard InChI is InChI=1S/C30H28N2O5/c1-20-9-3-6-12-25(20)32-29(34)23-11-5-4-10-22(23)24(30(32)35)17-21-13-14-26(27(18-21)36-2)37-19-28(33)31-15-7-8-16-31/h3-6,9-14,17-18H,7-8,15-16,19H2,1-2H3. The third-order valence-corrected chi connectivity index (χ3v) is 6.75. The molecule has 1 saturated heterocycles. The molecule has 0 saturated carbocycles. The quantitative estimate of drug-likeness (QED) is 0.364. The molecule has 2 aliphatic rings. The largest absolute Gasteiger partial charge is 0.493 e. The van der Waals surface area contributed by atoms with Gasteiger partial charge in [-0.25, -0.2) is 4.90 Å². The highest BCUT2D eigenvalue weighted by atomic mass is 16.5. The molecular formula is C30H28N2O5. The molecular weight excluding hydrogens is 468 g/mol. The zero-order valence-corrected chi connectivity index (χ0v) is 20.9.